The topological polar surface area (TPSA) is 78.7 Å². The lowest BCUT2D eigenvalue weighted by molar-refractivity contribution is 0.0628. The summed E-state index contributed by atoms with van der Waals surface area (Å²) in [5.41, 5.74) is 3.23. The van der Waals surface area contributed by atoms with Crippen LogP contribution in [0.3, 0.4) is 0 Å². The normalized spacial score (nSPS) is 14.5. The van der Waals surface area contributed by atoms with E-state index in [2.05, 4.69) is 21.3 Å². The molecule has 1 aliphatic heterocycles. The van der Waals surface area contributed by atoms with Gasteiger partial charge in [-0.05, 0) is 48.4 Å². The van der Waals surface area contributed by atoms with Gasteiger partial charge in [-0.2, -0.15) is 0 Å². The summed E-state index contributed by atoms with van der Waals surface area (Å²) in [5.74, 6) is -0.128. The highest BCUT2D eigenvalue weighted by Gasteiger charge is 2.23. The molecular formula is C23H24N4O3. The Morgan fingerprint density at radius 1 is 1.10 bits per heavy atom. The number of piperazine rings is 1. The smallest absolute Gasteiger partial charge is 0.291 e. The minimum absolute atomic E-state index is 0.0236. The van der Waals surface area contributed by atoms with Gasteiger partial charge in [0.05, 0.1) is 6.26 Å². The summed E-state index contributed by atoms with van der Waals surface area (Å²) < 4.78 is 5.14. The molecule has 2 amide bonds. The van der Waals surface area contributed by atoms with Crippen LogP contribution in [0, 0.1) is 6.92 Å². The number of furan rings is 1. The van der Waals surface area contributed by atoms with Crippen LogP contribution < -0.4 is 5.32 Å². The number of carbonyl (C=O) groups excluding carboxylic acids is 2. The first kappa shape index (κ1) is 19.8. The molecule has 3 aromatic rings. The lowest BCUT2D eigenvalue weighted by atomic mass is 10.1. The summed E-state index contributed by atoms with van der Waals surface area (Å²) >= 11 is 0. The number of pyridine rings is 1. The fourth-order valence-electron chi connectivity index (χ4n) is 3.52. The predicted octanol–water partition coefficient (Wildman–Crippen LogP) is 3.19. The van der Waals surface area contributed by atoms with Crippen molar-refractivity contribution in [1.29, 1.82) is 0 Å². The van der Waals surface area contributed by atoms with Crippen molar-refractivity contribution in [3.63, 3.8) is 0 Å². The van der Waals surface area contributed by atoms with Gasteiger partial charge in [0.25, 0.3) is 11.8 Å². The maximum Gasteiger partial charge on any atom is 0.291 e. The Hall–Kier alpha value is -3.45. The van der Waals surface area contributed by atoms with Gasteiger partial charge in [0.15, 0.2) is 5.76 Å². The Kier molecular flexibility index (Phi) is 5.90. The second-order valence-electron chi connectivity index (χ2n) is 7.39. The molecule has 1 N–H and O–H groups in total. The van der Waals surface area contributed by atoms with E-state index < -0.39 is 0 Å². The van der Waals surface area contributed by atoms with E-state index in [0.29, 0.717) is 24.3 Å². The van der Waals surface area contributed by atoms with Crippen LogP contribution in [0.5, 0.6) is 0 Å². The molecule has 1 saturated heterocycles. The van der Waals surface area contributed by atoms with Crippen molar-refractivity contribution in [2.24, 2.45) is 0 Å². The molecule has 0 atom stereocenters. The van der Waals surface area contributed by atoms with Gasteiger partial charge in [-0.25, -0.2) is 0 Å². The number of hydrogen-bond donors (Lipinski definition) is 1. The number of hydrogen-bond acceptors (Lipinski definition) is 5. The van der Waals surface area contributed by atoms with Gasteiger partial charge < -0.3 is 14.6 Å². The first-order valence-corrected chi connectivity index (χ1v) is 9.96. The molecule has 30 heavy (non-hydrogen) atoms. The number of amides is 2. The standard InChI is InChI=1S/C23H24N4O3/c1-17-6-7-19(14-20(17)25-22(28)21-5-3-13-30-21)23(29)27-11-9-26(10-12-27)16-18-4-2-8-24-15-18/h2-8,13-15H,9-12,16H2,1H3,(H,25,28). The van der Waals surface area contributed by atoms with E-state index in [9.17, 15) is 9.59 Å². The van der Waals surface area contributed by atoms with Crippen LogP contribution in [0.4, 0.5) is 5.69 Å². The van der Waals surface area contributed by atoms with Crippen LogP contribution in [0.1, 0.15) is 32.0 Å². The maximum atomic E-state index is 13.0. The first-order valence-electron chi connectivity index (χ1n) is 9.96. The molecule has 0 bridgehead atoms. The molecule has 0 spiro atoms. The zero-order chi connectivity index (χ0) is 20.9. The van der Waals surface area contributed by atoms with Gasteiger partial charge in [-0.1, -0.05) is 12.1 Å². The number of aromatic nitrogens is 1. The number of nitrogens with zero attached hydrogens (tertiary/aromatic N) is 3. The van der Waals surface area contributed by atoms with Crippen LogP contribution in [0.2, 0.25) is 0 Å². The molecule has 3 heterocycles. The summed E-state index contributed by atoms with van der Waals surface area (Å²) in [6.07, 6.45) is 5.10. The van der Waals surface area contributed by atoms with E-state index in [0.717, 1.165) is 25.2 Å². The maximum absolute atomic E-state index is 13.0. The summed E-state index contributed by atoms with van der Waals surface area (Å²) in [5, 5.41) is 2.83. The van der Waals surface area contributed by atoms with E-state index in [-0.39, 0.29) is 17.6 Å². The zero-order valence-electron chi connectivity index (χ0n) is 16.9. The number of benzene rings is 1. The summed E-state index contributed by atoms with van der Waals surface area (Å²) in [4.78, 5) is 33.6. The molecule has 1 fully saturated rings. The Morgan fingerprint density at radius 3 is 2.63 bits per heavy atom. The highest BCUT2D eigenvalue weighted by atomic mass is 16.3. The molecule has 0 unspecified atom stereocenters. The average Bonchev–Trinajstić information content (AvgIpc) is 3.31. The highest BCUT2D eigenvalue weighted by Crippen LogP contribution is 2.20. The van der Waals surface area contributed by atoms with Crippen LogP contribution in [0.25, 0.3) is 0 Å². The van der Waals surface area contributed by atoms with Crippen LogP contribution in [-0.4, -0.2) is 52.8 Å². The van der Waals surface area contributed by atoms with Gasteiger partial charge in [-0.3, -0.25) is 19.5 Å². The van der Waals surface area contributed by atoms with E-state index >= 15 is 0 Å². The van der Waals surface area contributed by atoms with Gasteiger partial charge in [-0.15, -0.1) is 0 Å². The SMILES string of the molecule is Cc1ccc(C(=O)N2CCN(Cc3cccnc3)CC2)cc1NC(=O)c1ccco1. The van der Waals surface area contributed by atoms with Crippen molar-refractivity contribution < 1.29 is 14.0 Å². The Balaban J connectivity index is 1.38. The quantitative estimate of drug-likeness (QED) is 0.707. The van der Waals surface area contributed by atoms with Crippen LogP contribution in [0.15, 0.2) is 65.5 Å². The van der Waals surface area contributed by atoms with Gasteiger partial charge in [0, 0.05) is 56.4 Å². The first-order chi connectivity index (χ1) is 14.6. The second-order valence-corrected chi connectivity index (χ2v) is 7.39. The number of anilines is 1. The van der Waals surface area contributed by atoms with Gasteiger partial charge >= 0.3 is 0 Å². The minimum atomic E-state index is -0.336. The number of aryl methyl sites for hydroxylation is 1. The molecule has 0 aliphatic carbocycles. The predicted molar refractivity (Wildman–Crippen MR) is 113 cm³/mol. The molecule has 0 saturated carbocycles. The molecule has 1 aliphatic rings. The lowest BCUT2D eigenvalue weighted by Crippen LogP contribution is -2.48. The van der Waals surface area contributed by atoms with Crippen molar-refractivity contribution in [1.82, 2.24) is 14.8 Å². The van der Waals surface area contributed by atoms with Gasteiger partial charge in [0.1, 0.15) is 0 Å². The molecule has 154 valence electrons. The largest absolute Gasteiger partial charge is 0.459 e. The van der Waals surface area contributed by atoms with E-state index in [4.69, 9.17) is 4.42 Å². The van der Waals surface area contributed by atoms with Crippen molar-refractivity contribution in [3.05, 3.63) is 83.6 Å². The summed E-state index contributed by atoms with van der Waals surface area (Å²) in [7, 11) is 0. The van der Waals surface area contributed by atoms with E-state index in [1.165, 1.54) is 11.8 Å². The van der Waals surface area contributed by atoms with Crippen LogP contribution in [-0.2, 0) is 6.54 Å². The summed E-state index contributed by atoms with van der Waals surface area (Å²) in [6.45, 7) is 5.69. The van der Waals surface area contributed by atoms with Crippen molar-refractivity contribution in [3.8, 4) is 0 Å². The fourth-order valence-corrected chi connectivity index (χ4v) is 3.52. The summed E-state index contributed by atoms with van der Waals surface area (Å²) in [6, 6.07) is 12.7. The van der Waals surface area contributed by atoms with E-state index in [1.54, 1.807) is 24.4 Å². The Morgan fingerprint density at radius 2 is 1.93 bits per heavy atom. The molecule has 0 radical (unpaired) electrons. The molecular weight excluding hydrogens is 380 g/mol. The average molecular weight is 404 g/mol. The fraction of sp³-hybridized carbons (Fsp3) is 0.261. The molecule has 2 aromatic heterocycles. The highest BCUT2D eigenvalue weighted by molar-refractivity contribution is 6.03. The molecule has 7 heteroatoms. The Labute approximate surface area is 175 Å². The van der Waals surface area contributed by atoms with Crippen molar-refractivity contribution >= 4 is 17.5 Å². The molecule has 1 aromatic carbocycles. The van der Waals surface area contributed by atoms with Crippen molar-refractivity contribution in [2.75, 3.05) is 31.5 Å². The van der Waals surface area contributed by atoms with Gasteiger partial charge in [0.2, 0.25) is 0 Å². The number of carbonyl (C=O) groups is 2. The van der Waals surface area contributed by atoms with Crippen LogP contribution >= 0.6 is 0 Å². The minimum Gasteiger partial charge on any atom is -0.459 e. The monoisotopic (exact) mass is 404 g/mol. The lowest BCUT2D eigenvalue weighted by Gasteiger charge is -2.34. The second kappa shape index (κ2) is 8.92. The van der Waals surface area contributed by atoms with Crippen molar-refractivity contribution in [2.45, 2.75) is 13.5 Å². The van der Waals surface area contributed by atoms with E-state index in [1.807, 2.05) is 36.2 Å². The zero-order valence-corrected chi connectivity index (χ0v) is 16.9. The number of nitrogens with one attached hydrogen (secondary N) is 1. The molecule has 7 nitrogen and oxygen atoms in total. The number of rotatable bonds is 5. The third kappa shape index (κ3) is 4.58. The third-order valence-corrected chi connectivity index (χ3v) is 5.27. The third-order valence-electron chi connectivity index (χ3n) is 5.27. The Bertz CT molecular complexity index is 1010. The molecule has 4 rings (SSSR count).